The Balaban J connectivity index is 1.81. The van der Waals surface area contributed by atoms with E-state index in [0.29, 0.717) is 11.3 Å². The maximum absolute atomic E-state index is 13.6. The maximum atomic E-state index is 13.6. The Hall–Kier alpha value is -2.60. The number of rotatable bonds is 7. The number of ether oxygens (including phenoxy) is 2. The van der Waals surface area contributed by atoms with E-state index in [4.69, 9.17) is 9.47 Å². The van der Waals surface area contributed by atoms with E-state index >= 15 is 0 Å². The fraction of sp³-hybridized carbons (Fsp3) is 0.520. The summed E-state index contributed by atoms with van der Waals surface area (Å²) in [4.78, 5) is 17.1. The van der Waals surface area contributed by atoms with Crippen molar-refractivity contribution in [3.05, 3.63) is 48.2 Å². The molecule has 1 aromatic heterocycles. The van der Waals surface area contributed by atoms with Gasteiger partial charge in [0.05, 0.1) is 10.6 Å². The number of benzene rings is 1. The molecule has 0 unspecified atom stereocenters. The Morgan fingerprint density at radius 3 is 2.08 bits per heavy atom. The van der Waals surface area contributed by atoms with Crippen LogP contribution in [0.3, 0.4) is 0 Å². The minimum Gasteiger partial charge on any atom is -0.459 e. The van der Waals surface area contributed by atoms with Gasteiger partial charge in [0.15, 0.2) is 14.6 Å². The molecule has 2 aromatic rings. The zero-order chi connectivity index (χ0) is 27.7. The van der Waals surface area contributed by atoms with E-state index in [9.17, 15) is 35.2 Å². The third-order valence-corrected chi connectivity index (χ3v) is 8.51. The molecule has 0 bridgehead atoms. The number of pyridine rings is 1. The zero-order valence-electron chi connectivity index (χ0n) is 20.6. The summed E-state index contributed by atoms with van der Waals surface area (Å²) in [6.07, 6.45) is -6.44. The lowest BCUT2D eigenvalue weighted by Crippen LogP contribution is -2.53. The van der Waals surface area contributed by atoms with Crippen LogP contribution in [0.15, 0.2) is 47.5 Å². The van der Waals surface area contributed by atoms with E-state index in [2.05, 4.69) is 4.98 Å². The number of esters is 1. The minimum absolute atomic E-state index is 0.0532. The van der Waals surface area contributed by atoms with Gasteiger partial charge in [0, 0.05) is 44.2 Å². The van der Waals surface area contributed by atoms with Crippen LogP contribution in [0.1, 0.15) is 45.6 Å². The van der Waals surface area contributed by atoms with Gasteiger partial charge in [-0.3, -0.25) is 9.78 Å². The lowest BCUT2D eigenvalue weighted by molar-refractivity contribution is -0.284. The summed E-state index contributed by atoms with van der Waals surface area (Å²) in [5.74, 6) is -5.63. The van der Waals surface area contributed by atoms with Crippen molar-refractivity contribution < 1.29 is 44.6 Å². The summed E-state index contributed by atoms with van der Waals surface area (Å²) in [5.41, 5.74) is 0.167. The Morgan fingerprint density at radius 1 is 1.00 bits per heavy atom. The first kappa shape index (κ1) is 29.0. The van der Waals surface area contributed by atoms with Crippen molar-refractivity contribution in [1.29, 1.82) is 0 Å². The van der Waals surface area contributed by atoms with Crippen LogP contribution in [0, 0.1) is 0 Å². The first-order chi connectivity index (χ1) is 17.0. The molecule has 6 nitrogen and oxygen atoms in total. The summed E-state index contributed by atoms with van der Waals surface area (Å²) in [5, 5.41) is 0. The van der Waals surface area contributed by atoms with Gasteiger partial charge in [0.25, 0.3) is 0 Å². The Morgan fingerprint density at radius 2 is 1.59 bits per heavy atom. The van der Waals surface area contributed by atoms with Gasteiger partial charge in [-0.25, -0.2) is 8.42 Å². The molecule has 12 heteroatoms. The first-order valence-corrected chi connectivity index (χ1v) is 13.0. The Kier molecular flexibility index (Phi) is 8.05. The molecule has 2 heterocycles. The van der Waals surface area contributed by atoms with Gasteiger partial charge in [-0.15, -0.1) is 0 Å². The Labute approximate surface area is 212 Å². The van der Waals surface area contributed by atoms with Crippen molar-refractivity contribution in [3.8, 4) is 11.3 Å². The first-order valence-electron chi connectivity index (χ1n) is 11.5. The fourth-order valence-corrected chi connectivity index (χ4v) is 5.78. The van der Waals surface area contributed by atoms with E-state index in [1.807, 2.05) is 0 Å². The van der Waals surface area contributed by atoms with Crippen molar-refractivity contribution in [1.82, 2.24) is 4.98 Å². The van der Waals surface area contributed by atoms with E-state index in [0.717, 1.165) is 0 Å². The monoisotopic (exact) mass is 549 g/mol. The standard InChI is InChI=1S/C25H28F5NO5S/c1-22(2,3)36-21(32)23(12-14-35-15-13-23)37(33,34)19-7-5-18(6-8-19)20-9-4-17(16-31-20)10-11-24(26,27)25(28,29)30/h4-9,16H,10-15H2,1-3H3. The second kappa shape index (κ2) is 10.3. The average Bonchev–Trinajstić information content (AvgIpc) is 2.82. The van der Waals surface area contributed by atoms with E-state index in [1.165, 1.54) is 42.6 Å². The molecular formula is C25H28F5NO5S. The molecule has 1 fully saturated rings. The van der Waals surface area contributed by atoms with Crippen LogP contribution in [0.5, 0.6) is 0 Å². The van der Waals surface area contributed by atoms with E-state index in [1.54, 1.807) is 20.8 Å². The van der Waals surface area contributed by atoms with Crippen LogP contribution >= 0.6 is 0 Å². The number of halogens is 5. The fourth-order valence-electron chi connectivity index (χ4n) is 3.87. The third kappa shape index (κ3) is 6.28. The summed E-state index contributed by atoms with van der Waals surface area (Å²) >= 11 is 0. The number of nitrogens with zero attached hydrogens (tertiary/aromatic N) is 1. The molecule has 3 rings (SSSR count). The molecule has 1 saturated heterocycles. The molecule has 0 spiro atoms. The predicted molar refractivity (Wildman–Crippen MR) is 125 cm³/mol. The molecule has 0 aliphatic carbocycles. The minimum atomic E-state index is -5.62. The zero-order valence-corrected chi connectivity index (χ0v) is 21.4. The van der Waals surface area contributed by atoms with Crippen LogP contribution in [-0.4, -0.2) is 55.0 Å². The van der Waals surface area contributed by atoms with Crippen molar-refractivity contribution in [2.45, 2.75) is 73.8 Å². The number of carbonyl (C=O) groups excluding carboxylic acids is 1. The van der Waals surface area contributed by atoms with Gasteiger partial charge in [-0.1, -0.05) is 18.2 Å². The SMILES string of the molecule is CC(C)(C)OC(=O)C1(S(=O)(=O)c2ccc(-c3ccc(CCC(F)(F)C(F)(F)F)cn3)cc2)CCOCC1. The van der Waals surface area contributed by atoms with Gasteiger partial charge in [0.1, 0.15) is 5.60 Å². The second-order valence-electron chi connectivity index (χ2n) is 9.89. The number of hydrogen-bond acceptors (Lipinski definition) is 6. The maximum Gasteiger partial charge on any atom is 0.453 e. The van der Waals surface area contributed by atoms with Crippen molar-refractivity contribution in [3.63, 3.8) is 0 Å². The van der Waals surface area contributed by atoms with Crippen LogP contribution in [0.4, 0.5) is 22.0 Å². The van der Waals surface area contributed by atoms with E-state index in [-0.39, 0.29) is 36.5 Å². The van der Waals surface area contributed by atoms with Gasteiger partial charge in [0.2, 0.25) is 0 Å². The lowest BCUT2D eigenvalue weighted by Gasteiger charge is -2.36. The summed E-state index contributed by atoms with van der Waals surface area (Å²) < 4.78 is 99.6. The summed E-state index contributed by atoms with van der Waals surface area (Å²) in [7, 11) is -4.17. The molecule has 0 saturated carbocycles. The van der Waals surface area contributed by atoms with Crippen LogP contribution in [-0.2, 0) is 30.5 Å². The Bertz CT molecular complexity index is 1200. The van der Waals surface area contributed by atoms with Gasteiger partial charge in [-0.2, -0.15) is 22.0 Å². The highest BCUT2D eigenvalue weighted by atomic mass is 32.2. The molecule has 1 aliphatic heterocycles. The molecule has 0 radical (unpaired) electrons. The molecule has 0 amide bonds. The number of alkyl halides is 5. The van der Waals surface area contributed by atoms with Gasteiger partial charge in [-0.05, 0) is 51.0 Å². The number of carbonyl (C=O) groups is 1. The smallest absolute Gasteiger partial charge is 0.453 e. The van der Waals surface area contributed by atoms with Gasteiger partial charge < -0.3 is 9.47 Å². The van der Waals surface area contributed by atoms with Crippen molar-refractivity contribution >= 4 is 15.8 Å². The second-order valence-corrected chi connectivity index (χ2v) is 12.2. The van der Waals surface area contributed by atoms with Crippen LogP contribution < -0.4 is 0 Å². The number of hydrogen-bond donors (Lipinski definition) is 0. The van der Waals surface area contributed by atoms with E-state index < -0.39 is 51.1 Å². The van der Waals surface area contributed by atoms with Gasteiger partial charge >= 0.3 is 18.1 Å². The molecule has 37 heavy (non-hydrogen) atoms. The average molecular weight is 550 g/mol. The highest BCUT2D eigenvalue weighted by Gasteiger charge is 2.56. The highest BCUT2D eigenvalue weighted by Crippen LogP contribution is 2.39. The summed E-state index contributed by atoms with van der Waals surface area (Å²) in [6.45, 7) is 5.13. The van der Waals surface area contributed by atoms with Crippen molar-refractivity contribution in [2.24, 2.45) is 0 Å². The molecule has 204 valence electrons. The number of aryl methyl sites for hydroxylation is 1. The predicted octanol–water partition coefficient (Wildman–Crippen LogP) is 5.54. The van der Waals surface area contributed by atoms with Crippen LogP contribution in [0.25, 0.3) is 11.3 Å². The number of aromatic nitrogens is 1. The summed E-state index contributed by atoms with van der Waals surface area (Å²) in [6, 6.07) is 8.48. The number of sulfone groups is 1. The molecule has 1 aromatic carbocycles. The quantitative estimate of drug-likeness (QED) is 0.333. The van der Waals surface area contributed by atoms with Crippen molar-refractivity contribution in [2.75, 3.05) is 13.2 Å². The topological polar surface area (TPSA) is 82.6 Å². The molecular weight excluding hydrogens is 521 g/mol. The third-order valence-electron chi connectivity index (χ3n) is 6.01. The largest absolute Gasteiger partial charge is 0.459 e. The molecule has 0 atom stereocenters. The molecule has 0 N–H and O–H groups in total. The lowest BCUT2D eigenvalue weighted by atomic mass is 9.99. The highest BCUT2D eigenvalue weighted by molar-refractivity contribution is 7.93. The normalized spacial score (nSPS) is 16.9. The molecule has 1 aliphatic rings. The van der Waals surface area contributed by atoms with Crippen LogP contribution in [0.2, 0.25) is 0 Å².